The third-order valence-electron chi connectivity index (χ3n) is 4.14. The van der Waals surface area contributed by atoms with Gasteiger partial charge in [0.25, 0.3) is 0 Å². The van der Waals surface area contributed by atoms with E-state index in [0.29, 0.717) is 0 Å². The number of hydrogen-bond acceptors (Lipinski definition) is 2. The Kier molecular flexibility index (Phi) is 9.88. The van der Waals surface area contributed by atoms with Crippen LogP contribution in [0.4, 0.5) is 0 Å². The number of rotatable bonds is 10. The van der Waals surface area contributed by atoms with Gasteiger partial charge in [-0.3, -0.25) is 0 Å². The van der Waals surface area contributed by atoms with Crippen LogP contribution in [-0.2, 0) is 0 Å². The summed E-state index contributed by atoms with van der Waals surface area (Å²) in [5.74, 6) is 0. The maximum absolute atomic E-state index is 2.53. The second-order valence-electron chi connectivity index (χ2n) is 5.76. The molecular weight excluding hydrogens is 232 g/mol. The van der Waals surface area contributed by atoms with Crippen molar-refractivity contribution in [3.63, 3.8) is 0 Å². The van der Waals surface area contributed by atoms with Crippen molar-refractivity contribution < 1.29 is 0 Å². The molecule has 1 saturated heterocycles. The third kappa shape index (κ3) is 8.30. The molecule has 19 heavy (non-hydrogen) atoms. The Labute approximate surface area is 120 Å². The van der Waals surface area contributed by atoms with E-state index in [2.05, 4.69) is 35.9 Å². The van der Waals surface area contributed by atoms with E-state index in [9.17, 15) is 0 Å². The molecule has 0 aromatic heterocycles. The zero-order valence-corrected chi connectivity index (χ0v) is 13.2. The van der Waals surface area contributed by atoms with Crippen molar-refractivity contribution in [1.29, 1.82) is 0 Å². The molecule has 0 spiro atoms. The Balaban J connectivity index is 1.90. The molecule has 2 nitrogen and oxygen atoms in total. The van der Waals surface area contributed by atoms with Crippen molar-refractivity contribution in [1.82, 2.24) is 9.80 Å². The fourth-order valence-electron chi connectivity index (χ4n) is 2.67. The van der Waals surface area contributed by atoms with Gasteiger partial charge in [0.05, 0.1) is 0 Å². The lowest BCUT2D eigenvalue weighted by molar-refractivity contribution is 0.175. The van der Waals surface area contributed by atoms with E-state index in [1.54, 1.807) is 0 Å². The Morgan fingerprint density at radius 2 is 1.42 bits per heavy atom. The standard InChI is InChI=1S/C17H34N2/c1-3-5-6-7-8-9-10-11-12-13-19-16-14-18(4-2)15-17-19/h12-13H,3-11,14-17H2,1-2H3/b13-12+. The molecule has 1 aliphatic heterocycles. The minimum Gasteiger partial charge on any atom is -0.375 e. The smallest absolute Gasteiger partial charge is 0.0300 e. The molecule has 0 N–H and O–H groups in total. The highest BCUT2D eigenvalue weighted by Crippen LogP contribution is 2.09. The highest BCUT2D eigenvalue weighted by atomic mass is 15.2. The van der Waals surface area contributed by atoms with Crippen LogP contribution in [0.25, 0.3) is 0 Å². The van der Waals surface area contributed by atoms with E-state index in [-0.39, 0.29) is 0 Å². The first-order chi connectivity index (χ1) is 9.36. The molecule has 1 fully saturated rings. The van der Waals surface area contributed by atoms with Crippen LogP contribution in [-0.4, -0.2) is 42.5 Å². The zero-order chi connectivity index (χ0) is 13.8. The quantitative estimate of drug-likeness (QED) is 0.545. The summed E-state index contributed by atoms with van der Waals surface area (Å²) in [6.45, 7) is 10.6. The van der Waals surface area contributed by atoms with Crippen LogP contribution in [0.15, 0.2) is 12.3 Å². The van der Waals surface area contributed by atoms with Gasteiger partial charge in [0.15, 0.2) is 0 Å². The van der Waals surface area contributed by atoms with Gasteiger partial charge in [-0.1, -0.05) is 58.4 Å². The normalized spacial score (nSPS) is 17.5. The Morgan fingerprint density at radius 3 is 2.05 bits per heavy atom. The minimum atomic E-state index is 1.20. The van der Waals surface area contributed by atoms with Crippen LogP contribution in [0.5, 0.6) is 0 Å². The largest absolute Gasteiger partial charge is 0.375 e. The Morgan fingerprint density at radius 1 is 0.789 bits per heavy atom. The Hall–Kier alpha value is -0.500. The molecular formula is C17H34N2. The fourth-order valence-corrected chi connectivity index (χ4v) is 2.67. The van der Waals surface area contributed by atoms with E-state index < -0.39 is 0 Å². The molecule has 0 radical (unpaired) electrons. The molecule has 1 heterocycles. The number of piperazine rings is 1. The van der Waals surface area contributed by atoms with Crippen molar-refractivity contribution in [2.75, 3.05) is 32.7 Å². The SMILES string of the molecule is CCCCCCCCC/C=C/N1CCN(CC)CC1. The van der Waals surface area contributed by atoms with Crippen LogP contribution in [0.3, 0.4) is 0 Å². The van der Waals surface area contributed by atoms with Gasteiger partial charge in [0, 0.05) is 26.2 Å². The van der Waals surface area contributed by atoms with Crippen LogP contribution in [0.2, 0.25) is 0 Å². The molecule has 0 atom stereocenters. The first-order valence-electron chi connectivity index (χ1n) is 8.50. The predicted molar refractivity (Wildman–Crippen MR) is 85.4 cm³/mol. The molecule has 0 aromatic carbocycles. The van der Waals surface area contributed by atoms with E-state index in [0.717, 1.165) is 0 Å². The molecule has 1 aliphatic rings. The fraction of sp³-hybridized carbons (Fsp3) is 0.882. The van der Waals surface area contributed by atoms with Crippen molar-refractivity contribution in [3.05, 3.63) is 12.3 Å². The second-order valence-corrected chi connectivity index (χ2v) is 5.76. The lowest BCUT2D eigenvalue weighted by Gasteiger charge is -2.33. The van der Waals surface area contributed by atoms with Gasteiger partial charge in [0.1, 0.15) is 0 Å². The molecule has 0 aromatic rings. The van der Waals surface area contributed by atoms with Crippen molar-refractivity contribution in [2.24, 2.45) is 0 Å². The molecule has 112 valence electrons. The average molecular weight is 266 g/mol. The van der Waals surface area contributed by atoms with Gasteiger partial charge in [-0.05, 0) is 25.6 Å². The van der Waals surface area contributed by atoms with Crippen LogP contribution < -0.4 is 0 Å². The summed E-state index contributed by atoms with van der Waals surface area (Å²) in [4.78, 5) is 5.01. The van der Waals surface area contributed by atoms with Crippen LogP contribution >= 0.6 is 0 Å². The highest BCUT2D eigenvalue weighted by Gasteiger charge is 2.11. The van der Waals surface area contributed by atoms with Gasteiger partial charge in [0.2, 0.25) is 0 Å². The molecule has 0 aliphatic carbocycles. The number of likely N-dealkylation sites (N-methyl/N-ethyl adjacent to an activating group) is 1. The number of hydrogen-bond donors (Lipinski definition) is 0. The maximum Gasteiger partial charge on any atom is 0.0300 e. The number of allylic oxidation sites excluding steroid dienone is 1. The summed E-state index contributed by atoms with van der Waals surface area (Å²) >= 11 is 0. The van der Waals surface area contributed by atoms with Gasteiger partial charge in [-0.2, -0.15) is 0 Å². The second kappa shape index (κ2) is 11.3. The highest BCUT2D eigenvalue weighted by molar-refractivity contribution is 4.85. The van der Waals surface area contributed by atoms with Gasteiger partial charge >= 0.3 is 0 Å². The molecule has 2 heteroatoms. The zero-order valence-electron chi connectivity index (χ0n) is 13.2. The van der Waals surface area contributed by atoms with Crippen molar-refractivity contribution in [3.8, 4) is 0 Å². The topological polar surface area (TPSA) is 6.48 Å². The van der Waals surface area contributed by atoms with Gasteiger partial charge in [-0.25, -0.2) is 0 Å². The monoisotopic (exact) mass is 266 g/mol. The summed E-state index contributed by atoms with van der Waals surface area (Å²) < 4.78 is 0. The molecule has 0 unspecified atom stereocenters. The number of unbranched alkanes of at least 4 members (excludes halogenated alkanes) is 7. The molecule has 1 rings (SSSR count). The molecule has 0 amide bonds. The summed E-state index contributed by atoms with van der Waals surface area (Å²) in [5.41, 5.74) is 0. The minimum absolute atomic E-state index is 1.20. The van der Waals surface area contributed by atoms with Gasteiger partial charge in [-0.15, -0.1) is 0 Å². The first-order valence-corrected chi connectivity index (χ1v) is 8.50. The predicted octanol–water partition coefficient (Wildman–Crippen LogP) is 4.28. The lowest BCUT2D eigenvalue weighted by atomic mass is 10.1. The number of nitrogens with zero attached hydrogens (tertiary/aromatic N) is 2. The average Bonchev–Trinajstić information content (AvgIpc) is 2.46. The summed E-state index contributed by atoms with van der Waals surface area (Å²) in [7, 11) is 0. The van der Waals surface area contributed by atoms with E-state index in [1.807, 2.05) is 0 Å². The first kappa shape index (κ1) is 16.6. The molecule has 0 saturated carbocycles. The lowest BCUT2D eigenvalue weighted by Crippen LogP contribution is -2.43. The van der Waals surface area contributed by atoms with E-state index >= 15 is 0 Å². The van der Waals surface area contributed by atoms with Crippen LogP contribution in [0.1, 0.15) is 65.2 Å². The third-order valence-corrected chi connectivity index (χ3v) is 4.14. The maximum atomic E-state index is 2.53. The Bertz CT molecular complexity index is 217. The van der Waals surface area contributed by atoms with E-state index in [4.69, 9.17) is 0 Å². The van der Waals surface area contributed by atoms with Crippen molar-refractivity contribution in [2.45, 2.75) is 65.2 Å². The van der Waals surface area contributed by atoms with E-state index in [1.165, 1.54) is 84.1 Å². The molecule has 0 bridgehead atoms. The summed E-state index contributed by atoms with van der Waals surface area (Å²) in [6.07, 6.45) is 15.9. The summed E-state index contributed by atoms with van der Waals surface area (Å²) in [6, 6.07) is 0. The van der Waals surface area contributed by atoms with Gasteiger partial charge < -0.3 is 9.80 Å². The summed E-state index contributed by atoms with van der Waals surface area (Å²) in [5, 5.41) is 0. The van der Waals surface area contributed by atoms with Crippen molar-refractivity contribution >= 4 is 0 Å². The van der Waals surface area contributed by atoms with Crippen LogP contribution in [0, 0.1) is 0 Å².